The van der Waals surface area contributed by atoms with E-state index in [1.54, 1.807) is 11.3 Å². The van der Waals surface area contributed by atoms with Gasteiger partial charge in [0.25, 0.3) is 5.89 Å². The van der Waals surface area contributed by atoms with Gasteiger partial charge in [0, 0.05) is 11.3 Å². The Morgan fingerprint density at radius 2 is 1.95 bits per heavy atom. The van der Waals surface area contributed by atoms with Gasteiger partial charge in [-0.05, 0) is 37.5 Å². The molecule has 0 saturated heterocycles. The highest BCUT2D eigenvalue weighted by atomic mass is 32.1. The first-order valence-electron chi connectivity index (χ1n) is 6.79. The molecule has 108 valence electrons. The Labute approximate surface area is 127 Å². The van der Waals surface area contributed by atoms with Crippen molar-refractivity contribution in [2.75, 3.05) is 5.73 Å². The van der Waals surface area contributed by atoms with E-state index in [1.807, 2.05) is 26.0 Å². The highest BCUT2D eigenvalue weighted by molar-refractivity contribution is 7.16. The molecule has 0 bridgehead atoms. The highest BCUT2D eigenvalue weighted by Gasteiger charge is 2.18. The number of nitrogen functional groups attached to an aromatic ring is 1. The first-order valence-corrected chi connectivity index (χ1v) is 7.61. The van der Waals surface area contributed by atoms with Crippen molar-refractivity contribution in [2.45, 2.75) is 27.2 Å². The van der Waals surface area contributed by atoms with Crippen LogP contribution in [0.2, 0.25) is 0 Å². The molecule has 0 aliphatic rings. The van der Waals surface area contributed by atoms with Crippen molar-refractivity contribution in [3.8, 4) is 11.5 Å². The number of hydrogen-bond acceptors (Lipinski definition) is 5. The van der Waals surface area contributed by atoms with Crippen LogP contribution in [0.1, 0.15) is 27.4 Å². The van der Waals surface area contributed by atoms with Gasteiger partial charge >= 0.3 is 0 Å². The summed E-state index contributed by atoms with van der Waals surface area (Å²) in [5.74, 6) is 1.19. The van der Waals surface area contributed by atoms with Gasteiger partial charge in [-0.2, -0.15) is 4.98 Å². The van der Waals surface area contributed by atoms with Crippen LogP contribution in [0.25, 0.3) is 11.5 Å². The predicted molar refractivity (Wildman–Crippen MR) is 85.5 cm³/mol. The van der Waals surface area contributed by atoms with Crippen LogP contribution < -0.4 is 5.73 Å². The predicted octanol–water partition coefficient (Wildman–Crippen LogP) is 3.90. The molecule has 0 atom stereocenters. The van der Waals surface area contributed by atoms with Gasteiger partial charge < -0.3 is 10.3 Å². The normalized spacial score (nSPS) is 11.0. The number of aromatic nitrogens is 2. The quantitative estimate of drug-likeness (QED) is 0.796. The molecule has 2 aromatic heterocycles. The van der Waals surface area contributed by atoms with Gasteiger partial charge in [-0.1, -0.05) is 29.4 Å². The summed E-state index contributed by atoms with van der Waals surface area (Å²) in [6, 6.07) is 8.22. The van der Waals surface area contributed by atoms with E-state index in [-0.39, 0.29) is 0 Å². The van der Waals surface area contributed by atoms with Crippen molar-refractivity contribution in [2.24, 2.45) is 0 Å². The van der Waals surface area contributed by atoms with E-state index in [2.05, 4.69) is 29.2 Å². The second kappa shape index (κ2) is 5.33. The lowest BCUT2D eigenvalue weighted by Crippen LogP contribution is -1.94. The summed E-state index contributed by atoms with van der Waals surface area (Å²) in [5.41, 5.74) is 10.5. The third-order valence-corrected chi connectivity index (χ3v) is 4.74. The van der Waals surface area contributed by atoms with E-state index in [1.165, 1.54) is 16.0 Å². The van der Waals surface area contributed by atoms with E-state index in [0.717, 1.165) is 16.1 Å². The van der Waals surface area contributed by atoms with Crippen molar-refractivity contribution in [3.05, 3.63) is 51.7 Å². The molecule has 0 radical (unpaired) electrons. The van der Waals surface area contributed by atoms with E-state index in [0.29, 0.717) is 18.1 Å². The van der Waals surface area contributed by atoms with Crippen LogP contribution in [-0.2, 0) is 6.42 Å². The van der Waals surface area contributed by atoms with E-state index < -0.39 is 0 Å². The number of nitrogens with two attached hydrogens (primary N) is 1. The molecule has 5 heteroatoms. The number of hydrogen-bond donors (Lipinski definition) is 1. The lowest BCUT2D eigenvalue weighted by atomic mass is 10.1. The number of rotatable bonds is 3. The largest absolute Gasteiger partial charge is 0.390 e. The smallest absolute Gasteiger partial charge is 0.261 e. The number of nitrogens with zero attached hydrogens (tertiary/aromatic N) is 2. The molecule has 3 rings (SSSR count). The minimum absolute atomic E-state index is 0.512. The van der Waals surface area contributed by atoms with Gasteiger partial charge in [-0.25, -0.2) is 0 Å². The molecular formula is C16H17N3OS. The minimum Gasteiger partial charge on any atom is -0.390 e. The molecule has 1 aromatic carbocycles. The van der Waals surface area contributed by atoms with Crippen LogP contribution in [0.4, 0.5) is 5.00 Å². The van der Waals surface area contributed by atoms with Crippen LogP contribution in [0.5, 0.6) is 0 Å². The zero-order valence-electron chi connectivity index (χ0n) is 12.3. The summed E-state index contributed by atoms with van der Waals surface area (Å²) in [4.78, 5) is 5.68. The second-order valence-corrected chi connectivity index (χ2v) is 6.40. The van der Waals surface area contributed by atoms with Crippen molar-refractivity contribution in [3.63, 3.8) is 0 Å². The van der Waals surface area contributed by atoms with E-state index in [9.17, 15) is 0 Å². The Balaban J connectivity index is 1.92. The summed E-state index contributed by atoms with van der Waals surface area (Å²) >= 11 is 1.56. The molecule has 2 heterocycles. The monoisotopic (exact) mass is 299 g/mol. The van der Waals surface area contributed by atoms with Gasteiger partial charge in [0.05, 0.1) is 10.6 Å². The molecule has 0 aliphatic heterocycles. The minimum atomic E-state index is 0.512. The number of aryl methyl sites for hydroxylation is 2. The molecule has 0 aliphatic carbocycles. The summed E-state index contributed by atoms with van der Waals surface area (Å²) in [5, 5.41) is 4.82. The van der Waals surface area contributed by atoms with Crippen LogP contribution >= 0.6 is 11.3 Å². The number of thiophene rings is 1. The Kier molecular flexibility index (Phi) is 3.51. The van der Waals surface area contributed by atoms with Crippen molar-refractivity contribution in [1.29, 1.82) is 0 Å². The zero-order chi connectivity index (χ0) is 15.0. The van der Waals surface area contributed by atoms with E-state index >= 15 is 0 Å². The average molecular weight is 299 g/mol. The first-order chi connectivity index (χ1) is 10.1. The molecule has 2 N–H and O–H groups in total. The fourth-order valence-electron chi connectivity index (χ4n) is 2.33. The van der Waals surface area contributed by atoms with Crippen LogP contribution in [0, 0.1) is 20.8 Å². The van der Waals surface area contributed by atoms with Crippen molar-refractivity contribution in [1.82, 2.24) is 10.1 Å². The standard InChI is InChI=1S/C16H17N3OS/c1-9-6-4-5-7-12(9)8-13-18-16(20-19-13)14-10(2)11(3)21-15(14)17/h4-7H,8,17H2,1-3H3. The molecule has 4 nitrogen and oxygen atoms in total. The van der Waals surface area contributed by atoms with Gasteiger partial charge in [0.2, 0.25) is 0 Å². The molecule has 0 spiro atoms. The molecule has 0 fully saturated rings. The maximum absolute atomic E-state index is 6.05. The Morgan fingerprint density at radius 3 is 2.62 bits per heavy atom. The van der Waals surface area contributed by atoms with Crippen molar-refractivity contribution < 1.29 is 4.52 Å². The van der Waals surface area contributed by atoms with Crippen LogP contribution in [0.3, 0.4) is 0 Å². The number of benzene rings is 1. The highest BCUT2D eigenvalue weighted by Crippen LogP contribution is 2.37. The fraction of sp³-hybridized carbons (Fsp3) is 0.250. The molecule has 21 heavy (non-hydrogen) atoms. The lowest BCUT2D eigenvalue weighted by Gasteiger charge is -2.00. The Bertz CT molecular complexity index is 789. The Morgan fingerprint density at radius 1 is 1.19 bits per heavy atom. The van der Waals surface area contributed by atoms with Crippen LogP contribution in [-0.4, -0.2) is 10.1 Å². The van der Waals surface area contributed by atoms with E-state index in [4.69, 9.17) is 10.3 Å². The lowest BCUT2D eigenvalue weighted by molar-refractivity contribution is 0.424. The topological polar surface area (TPSA) is 64.9 Å². The molecular weight excluding hydrogens is 282 g/mol. The van der Waals surface area contributed by atoms with Gasteiger partial charge in [-0.3, -0.25) is 0 Å². The fourth-order valence-corrected chi connectivity index (χ4v) is 3.25. The average Bonchev–Trinajstić information content (AvgIpc) is 2.98. The zero-order valence-corrected chi connectivity index (χ0v) is 13.1. The first kappa shape index (κ1) is 13.8. The summed E-state index contributed by atoms with van der Waals surface area (Å²) < 4.78 is 5.40. The second-order valence-electron chi connectivity index (χ2n) is 5.14. The van der Waals surface area contributed by atoms with Crippen molar-refractivity contribution >= 4 is 16.3 Å². The summed E-state index contributed by atoms with van der Waals surface area (Å²) in [6.45, 7) is 6.16. The summed E-state index contributed by atoms with van der Waals surface area (Å²) in [6.07, 6.45) is 0.665. The van der Waals surface area contributed by atoms with Gasteiger partial charge in [0.1, 0.15) is 0 Å². The molecule has 3 aromatic rings. The van der Waals surface area contributed by atoms with Gasteiger partial charge in [-0.15, -0.1) is 11.3 Å². The number of anilines is 1. The maximum Gasteiger partial charge on any atom is 0.261 e. The SMILES string of the molecule is Cc1ccccc1Cc1noc(-c2c(N)sc(C)c2C)n1. The maximum atomic E-state index is 6.05. The van der Waals surface area contributed by atoms with Gasteiger partial charge in [0.15, 0.2) is 5.82 Å². The third-order valence-electron chi connectivity index (χ3n) is 3.70. The Hall–Kier alpha value is -2.14. The molecule has 0 unspecified atom stereocenters. The summed E-state index contributed by atoms with van der Waals surface area (Å²) in [7, 11) is 0. The van der Waals surface area contributed by atoms with Crippen LogP contribution in [0.15, 0.2) is 28.8 Å². The molecule has 0 amide bonds. The third kappa shape index (κ3) is 2.56. The molecule has 0 saturated carbocycles.